The van der Waals surface area contributed by atoms with E-state index < -0.39 is 5.97 Å². The van der Waals surface area contributed by atoms with Crippen molar-refractivity contribution in [1.82, 2.24) is 0 Å². The van der Waals surface area contributed by atoms with E-state index in [1.807, 2.05) is 6.08 Å². The van der Waals surface area contributed by atoms with Crippen molar-refractivity contribution in [3.8, 4) is 0 Å². The van der Waals surface area contributed by atoms with E-state index in [1.165, 1.54) is 44.1 Å². The van der Waals surface area contributed by atoms with Gasteiger partial charge < -0.3 is 5.11 Å². The number of ketones is 1. The second kappa shape index (κ2) is 7.85. The van der Waals surface area contributed by atoms with Gasteiger partial charge in [0, 0.05) is 12.8 Å². The van der Waals surface area contributed by atoms with Gasteiger partial charge in [0.2, 0.25) is 0 Å². The number of hydrogen-bond donors (Lipinski definition) is 1. The zero-order valence-electron chi connectivity index (χ0n) is 18.7. The minimum Gasteiger partial charge on any atom is -0.481 e. The highest BCUT2D eigenvalue weighted by atomic mass is 16.4. The lowest BCUT2D eigenvalue weighted by Gasteiger charge is -2.58. The Morgan fingerprint density at radius 3 is 2.66 bits per heavy atom. The van der Waals surface area contributed by atoms with Crippen LogP contribution >= 0.6 is 0 Å². The van der Waals surface area contributed by atoms with Crippen LogP contribution in [0.4, 0.5) is 0 Å². The number of carbonyl (C=O) groups is 2. The average Bonchev–Trinajstić information content (AvgIpc) is 3.03. The van der Waals surface area contributed by atoms with E-state index in [0.29, 0.717) is 23.5 Å². The van der Waals surface area contributed by atoms with E-state index in [-0.39, 0.29) is 5.41 Å². The van der Waals surface area contributed by atoms with Crippen LogP contribution in [0, 0.1) is 40.4 Å². The predicted octanol–water partition coefficient (Wildman–Crippen LogP) is 6.42. The molecule has 162 valence electrons. The smallest absolute Gasteiger partial charge is 0.303 e. The highest BCUT2D eigenvalue weighted by Gasteiger charge is 2.59. The van der Waals surface area contributed by atoms with Gasteiger partial charge >= 0.3 is 5.97 Å². The molecule has 0 radical (unpaired) electrons. The molecule has 4 aliphatic carbocycles. The van der Waals surface area contributed by atoms with Crippen LogP contribution in [0.3, 0.4) is 0 Å². The molecule has 0 aliphatic heterocycles. The van der Waals surface area contributed by atoms with E-state index in [0.717, 1.165) is 55.8 Å². The summed E-state index contributed by atoms with van der Waals surface area (Å²) in [5.74, 6) is 3.67. The SMILES string of the molecule is C[C@H](CCCCC(=O)O)[C@H]1CC[C@H]2[C@@H]3CCC4=CC(=O)CC[C@]4(C)[C@H]3CC[C@]12C. The molecular formula is C26H40O3. The second-order valence-corrected chi connectivity index (χ2v) is 11.3. The molecule has 7 atom stereocenters. The number of rotatable bonds is 6. The molecule has 0 aromatic rings. The van der Waals surface area contributed by atoms with Crippen molar-refractivity contribution >= 4 is 11.8 Å². The monoisotopic (exact) mass is 400 g/mol. The first kappa shape index (κ1) is 21.1. The Kier molecular flexibility index (Phi) is 5.72. The summed E-state index contributed by atoms with van der Waals surface area (Å²) in [6.07, 6.45) is 15.1. The van der Waals surface area contributed by atoms with Gasteiger partial charge in [-0.05, 0) is 97.9 Å². The Morgan fingerprint density at radius 1 is 1.10 bits per heavy atom. The van der Waals surface area contributed by atoms with E-state index >= 15 is 0 Å². The maximum Gasteiger partial charge on any atom is 0.303 e. The van der Waals surface area contributed by atoms with Gasteiger partial charge in [-0.2, -0.15) is 0 Å². The summed E-state index contributed by atoms with van der Waals surface area (Å²) in [6, 6.07) is 0. The fourth-order valence-electron chi connectivity index (χ4n) is 8.48. The van der Waals surface area contributed by atoms with Crippen LogP contribution in [-0.2, 0) is 9.59 Å². The van der Waals surface area contributed by atoms with Crippen molar-refractivity contribution in [3.63, 3.8) is 0 Å². The molecule has 0 aromatic heterocycles. The maximum absolute atomic E-state index is 12.0. The van der Waals surface area contributed by atoms with Crippen molar-refractivity contribution in [2.24, 2.45) is 40.4 Å². The molecule has 0 amide bonds. The Morgan fingerprint density at radius 2 is 1.90 bits per heavy atom. The van der Waals surface area contributed by atoms with Crippen molar-refractivity contribution in [2.45, 2.75) is 97.8 Å². The number of allylic oxidation sites excluding steroid dienone is 1. The number of unbranched alkanes of at least 4 members (excludes halogenated alkanes) is 1. The minimum atomic E-state index is -0.660. The Labute approximate surface area is 176 Å². The summed E-state index contributed by atoms with van der Waals surface area (Å²) in [5.41, 5.74) is 2.22. The average molecular weight is 401 g/mol. The third-order valence-electron chi connectivity index (χ3n) is 10.0. The van der Waals surface area contributed by atoms with Gasteiger partial charge in [-0.1, -0.05) is 39.2 Å². The standard InChI is InChI=1S/C26H40O3/c1-17(6-4-5-7-24(28)29)21-10-11-22-20-9-8-18-16-19(27)12-14-25(18,2)23(20)13-15-26(21,22)3/h16-17,20-23H,4-15H2,1-3H3,(H,28,29)/t17-,20+,21-,22+,23+,25+,26-/m1/s1. The lowest BCUT2D eigenvalue weighted by Crippen LogP contribution is -2.50. The molecule has 0 bridgehead atoms. The number of hydrogen-bond acceptors (Lipinski definition) is 2. The summed E-state index contributed by atoms with van der Waals surface area (Å²) in [4.78, 5) is 22.8. The molecule has 0 unspecified atom stereocenters. The highest BCUT2D eigenvalue weighted by Crippen LogP contribution is 2.67. The fourth-order valence-corrected chi connectivity index (χ4v) is 8.48. The lowest BCUT2D eigenvalue weighted by molar-refractivity contribution is -0.137. The highest BCUT2D eigenvalue weighted by molar-refractivity contribution is 5.91. The Hall–Kier alpha value is -1.12. The van der Waals surface area contributed by atoms with Gasteiger partial charge in [0.1, 0.15) is 0 Å². The molecule has 3 nitrogen and oxygen atoms in total. The van der Waals surface area contributed by atoms with Gasteiger partial charge in [0.15, 0.2) is 5.78 Å². The lowest BCUT2D eigenvalue weighted by atomic mass is 9.46. The number of fused-ring (bicyclic) bond motifs is 5. The molecule has 0 saturated heterocycles. The van der Waals surface area contributed by atoms with Gasteiger partial charge in [0.25, 0.3) is 0 Å². The molecule has 3 heteroatoms. The van der Waals surface area contributed by atoms with E-state index in [1.54, 1.807) is 0 Å². The van der Waals surface area contributed by atoms with Crippen LogP contribution < -0.4 is 0 Å². The first-order chi connectivity index (χ1) is 13.8. The third-order valence-corrected chi connectivity index (χ3v) is 10.0. The van der Waals surface area contributed by atoms with Crippen LogP contribution in [-0.4, -0.2) is 16.9 Å². The number of aliphatic carboxylic acids is 1. The summed E-state index contributed by atoms with van der Waals surface area (Å²) < 4.78 is 0. The molecule has 29 heavy (non-hydrogen) atoms. The first-order valence-corrected chi connectivity index (χ1v) is 12.2. The normalized spacial score (nSPS) is 42.4. The van der Waals surface area contributed by atoms with Crippen LogP contribution in [0.2, 0.25) is 0 Å². The van der Waals surface area contributed by atoms with Crippen LogP contribution in [0.1, 0.15) is 97.8 Å². The summed E-state index contributed by atoms with van der Waals surface area (Å²) in [5, 5.41) is 8.89. The molecular weight excluding hydrogens is 360 g/mol. The quantitative estimate of drug-likeness (QED) is 0.524. The minimum absolute atomic E-state index is 0.276. The summed E-state index contributed by atoms with van der Waals surface area (Å²) >= 11 is 0. The molecule has 4 aliphatic rings. The summed E-state index contributed by atoms with van der Waals surface area (Å²) in [6.45, 7) is 7.50. The van der Waals surface area contributed by atoms with Crippen LogP contribution in [0.5, 0.6) is 0 Å². The molecule has 0 spiro atoms. The Bertz CT molecular complexity index is 694. The number of carboxylic acid groups (broad SMARTS) is 1. The number of carbonyl (C=O) groups excluding carboxylic acids is 1. The first-order valence-electron chi connectivity index (χ1n) is 12.2. The van der Waals surface area contributed by atoms with Crippen molar-refractivity contribution in [3.05, 3.63) is 11.6 Å². The van der Waals surface area contributed by atoms with Gasteiger partial charge in [-0.3, -0.25) is 9.59 Å². The predicted molar refractivity (Wildman–Crippen MR) is 115 cm³/mol. The van der Waals surface area contributed by atoms with Gasteiger partial charge in [-0.15, -0.1) is 0 Å². The summed E-state index contributed by atoms with van der Waals surface area (Å²) in [7, 11) is 0. The zero-order chi connectivity index (χ0) is 20.8. The van der Waals surface area contributed by atoms with E-state index in [4.69, 9.17) is 5.11 Å². The third kappa shape index (κ3) is 3.61. The molecule has 3 saturated carbocycles. The molecule has 0 aromatic carbocycles. The van der Waals surface area contributed by atoms with Crippen LogP contribution in [0.25, 0.3) is 0 Å². The molecule has 0 heterocycles. The van der Waals surface area contributed by atoms with E-state index in [9.17, 15) is 9.59 Å². The fraction of sp³-hybridized carbons (Fsp3) is 0.846. The van der Waals surface area contributed by atoms with Crippen molar-refractivity contribution in [2.75, 3.05) is 0 Å². The van der Waals surface area contributed by atoms with E-state index in [2.05, 4.69) is 20.8 Å². The molecule has 1 N–H and O–H groups in total. The Balaban J connectivity index is 1.45. The van der Waals surface area contributed by atoms with Gasteiger partial charge in [-0.25, -0.2) is 0 Å². The number of carboxylic acids is 1. The van der Waals surface area contributed by atoms with Crippen molar-refractivity contribution in [1.29, 1.82) is 0 Å². The largest absolute Gasteiger partial charge is 0.481 e. The molecule has 3 fully saturated rings. The van der Waals surface area contributed by atoms with Gasteiger partial charge in [0.05, 0.1) is 0 Å². The zero-order valence-corrected chi connectivity index (χ0v) is 18.7. The molecule has 4 rings (SSSR count). The van der Waals surface area contributed by atoms with Crippen LogP contribution in [0.15, 0.2) is 11.6 Å². The second-order valence-electron chi connectivity index (χ2n) is 11.3. The maximum atomic E-state index is 12.0. The van der Waals surface area contributed by atoms with Crippen molar-refractivity contribution < 1.29 is 14.7 Å². The topological polar surface area (TPSA) is 54.4 Å².